The number of methoxy groups -OCH3 is 2. The number of ketones is 2. The van der Waals surface area contributed by atoms with Crippen LogP contribution in [0.3, 0.4) is 0 Å². The molecule has 8 nitrogen and oxygen atoms in total. The summed E-state index contributed by atoms with van der Waals surface area (Å²) in [6, 6.07) is 4.60. The first-order valence-electron chi connectivity index (χ1n) is 10.9. The lowest BCUT2D eigenvalue weighted by Crippen LogP contribution is -2.38. The van der Waals surface area contributed by atoms with Crippen LogP contribution in [0.15, 0.2) is 35.3 Å². The normalized spacial score (nSPS) is 17.2. The average Bonchev–Trinajstić information content (AvgIpc) is 2.81. The van der Waals surface area contributed by atoms with Crippen molar-refractivity contribution in [2.45, 2.75) is 52.0 Å². The Balaban J connectivity index is 2.08. The molecule has 1 saturated carbocycles. The van der Waals surface area contributed by atoms with Crippen molar-refractivity contribution >= 4 is 29.0 Å². The quantitative estimate of drug-likeness (QED) is 0.368. The number of amides is 1. The van der Waals surface area contributed by atoms with Gasteiger partial charge < -0.3 is 19.1 Å². The molecule has 1 aromatic rings. The molecule has 176 valence electrons. The van der Waals surface area contributed by atoms with Gasteiger partial charge in [0, 0.05) is 31.2 Å². The van der Waals surface area contributed by atoms with E-state index in [1.165, 1.54) is 40.2 Å². The predicted molar refractivity (Wildman–Crippen MR) is 120 cm³/mol. The number of Topliss-reactive ketones (excluding diaryl/α,β-unsaturated/α-hetero) is 2. The SMILES string of the molecule is COC1=C(OC)C(=O)C(c2ccc(OC(C)=O)c(C(=O)N(C)C3CCCCC3)c2)=C(C)C1=O. The van der Waals surface area contributed by atoms with Crippen LogP contribution in [0.25, 0.3) is 5.57 Å². The van der Waals surface area contributed by atoms with Crippen LogP contribution in [0.1, 0.15) is 61.9 Å². The zero-order chi connectivity index (χ0) is 24.3. The van der Waals surface area contributed by atoms with Gasteiger partial charge in [0.05, 0.1) is 19.8 Å². The van der Waals surface area contributed by atoms with Crippen LogP contribution >= 0.6 is 0 Å². The number of nitrogens with zero attached hydrogens (tertiary/aromatic N) is 1. The van der Waals surface area contributed by atoms with E-state index in [-0.39, 0.29) is 45.9 Å². The van der Waals surface area contributed by atoms with E-state index in [0.717, 1.165) is 32.1 Å². The topological polar surface area (TPSA) is 99.2 Å². The Kier molecular flexibility index (Phi) is 7.36. The van der Waals surface area contributed by atoms with Gasteiger partial charge in [-0.25, -0.2) is 0 Å². The van der Waals surface area contributed by atoms with E-state index >= 15 is 0 Å². The molecular formula is C25H29NO7. The summed E-state index contributed by atoms with van der Waals surface area (Å²) < 4.78 is 15.5. The van der Waals surface area contributed by atoms with Crippen LogP contribution in [0.4, 0.5) is 0 Å². The number of benzene rings is 1. The van der Waals surface area contributed by atoms with E-state index in [2.05, 4.69) is 0 Å². The Morgan fingerprint density at radius 3 is 2.15 bits per heavy atom. The van der Waals surface area contributed by atoms with Crippen molar-refractivity contribution in [2.75, 3.05) is 21.3 Å². The molecule has 0 N–H and O–H groups in total. The average molecular weight is 456 g/mol. The highest BCUT2D eigenvalue weighted by atomic mass is 16.5. The van der Waals surface area contributed by atoms with E-state index < -0.39 is 17.5 Å². The Labute approximate surface area is 193 Å². The molecule has 0 heterocycles. The third-order valence-corrected chi connectivity index (χ3v) is 6.16. The molecule has 2 aliphatic carbocycles. The van der Waals surface area contributed by atoms with Crippen LogP contribution in [0, 0.1) is 0 Å². The summed E-state index contributed by atoms with van der Waals surface area (Å²) in [5.74, 6) is -2.12. The smallest absolute Gasteiger partial charge is 0.308 e. The van der Waals surface area contributed by atoms with E-state index in [1.54, 1.807) is 18.0 Å². The number of esters is 1. The molecule has 0 spiro atoms. The van der Waals surface area contributed by atoms with Crippen LogP contribution < -0.4 is 4.74 Å². The highest BCUT2D eigenvalue weighted by Gasteiger charge is 2.36. The molecule has 0 bridgehead atoms. The first-order chi connectivity index (χ1) is 15.7. The lowest BCUT2D eigenvalue weighted by atomic mass is 9.87. The maximum absolute atomic E-state index is 13.4. The Morgan fingerprint density at radius 2 is 1.58 bits per heavy atom. The number of hydrogen-bond donors (Lipinski definition) is 0. The summed E-state index contributed by atoms with van der Waals surface area (Å²) in [7, 11) is 4.32. The molecule has 33 heavy (non-hydrogen) atoms. The predicted octanol–water partition coefficient (Wildman–Crippen LogP) is 3.45. The number of carbonyl (C=O) groups is 4. The Morgan fingerprint density at radius 1 is 0.970 bits per heavy atom. The fourth-order valence-electron chi connectivity index (χ4n) is 4.41. The van der Waals surface area contributed by atoms with Crippen molar-refractivity contribution in [3.63, 3.8) is 0 Å². The van der Waals surface area contributed by atoms with Gasteiger partial charge in [0.15, 0.2) is 0 Å². The van der Waals surface area contributed by atoms with Gasteiger partial charge in [-0.05, 0) is 37.5 Å². The third kappa shape index (κ3) is 4.69. The second-order valence-electron chi connectivity index (χ2n) is 8.24. The van der Waals surface area contributed by atoms with Gasteiger partial charge >= 0.3 is 5.97 Å². The van der Waals surface area contributed by atoms with Gasteiger partial charge in [-0.3, -0.25) is 19.2 Å². The highest BCUT2D eigenvalue weighted by Crippen LogP contribution is 2.35. The molecule has 1 aromatic carbocycles. The van der Waals surface area contributed by atoms with Crippen LogP contribution in [-0.4, -0.2) is 55.7 Å². The van der Waals surface area contributed by atoms with Crippen molar-refractivity contribution in [1.29, 1.82) is 0 Å². The summed E-state index contributed by atoms with van der Waals surface area (Å²) in [4.78, 5) is 52.7. The summed E-state index contributed by atoms with van der Waals surface area (Å²) in [5.41, 5.74) is 0.793. The Bertz CT molecular complexity index is 1060. The summed E-state index contributed by atoms with van der Waals surface area (Å²) in [5, 5.41) is 0. The minimum absolute atomic E-state index is 0.0891. The second kappa shape index (κ2) is 10.0. The lowest BCUT2D eigenvalue weighted by molar-refractivity contribution is -0.131. The minimum atomic E-state index is -0.564. The standard InChI is InChI=1S/C25H29NO7/c1-14-20(22(29)24(32-5)23(31-4)21(14)28)16-11-12-19(33-15(2)27)18(13-16)25(30)26(3)17-9-7-6-8-10-17/h11-13,17H,6-10H2,1-5H3. The molecule has 2 aliphatic rings. The molecular weight excluding hydrogens is 426 g/mol. The number of ether oxygens (including phenoxy) is 3. The number of hydrogen-bond acceptors (Lipinski definition) is 7. The lowest BCUT2D eigenvalue weighted by Gasteiger charge is -2.31. The molecule has 0 atom stereocenters. The maximum Gasteiger partial charge on any atom is 0.308 e. The molecule has 8 heteroatoms. The fraction of sp³-hybridized carbons (Fsp3) is 0.440. The van der Waals surface area contributed by atoms with Gasteiger partial charge in [0.1, 0.15) is 5.75 Å². The highest BCUT2D eigenvalue weighted by molar-refractivity contribution is 6.38. The second-order valence-corrected chi connectivity index (χ2v) is 8.24. The molecule has 1 fully saturated rings. The van der Waals surface area contributed by atoms with Crippen LogP contribution in [0.5, 0.6) is 5.75 Å². The van der Waals surface area contributed by atoms with Gasteiger partial charge in [-0.2, -0.15) is 0 Å². The van der Waals surface area contributed by atoms with Crippen molar-refractivity contribution in [2.24, 2.45) is 0 Å². The number of rotatable bonds is 6. The third-order valence-electron chi connectivity index (χ3n) is 6.16. The first kappa shape index (κ1) is 24.2. The summed E-state index contributed by atoms with van der Waals surface area (Å²) in [6.45, 7) is 2.78. The van der Waals surface area contributed by atoms with Gasteiger partial charge in [-0.1, -0.05) is 25.3 Å². The number of allylic oxidation sites excluding steroid dienone is 2. The summed E-state index contributed by atoms with van der Waals surface area (Å²) >= 11 is 0. The van der Waals surface area contributed by atoms with Crippen molar-refractivity contribution in [3.8, 4) is 5.75 Å². The van der Waals surface area contributed by atoms with E-state index in [0.29, 0.717) is 5.56 Å². The van der Waals surface area contributed by atoms with Crippen molar-refractivity contribution in [1.82, 2.24) is 4.90 Å². The van der Waals surface area contributed by atoms with Gasteiger partial charge in [-0.15, -0.1) is 0 Å². The number of carbonyl (C=O) groups excluding carboxylic acids is 4. The molecule has 0 radical (unpaired) electrons. The van der Waals surface area contributed by atoms with Crippen LogP contribution in [0.2, 0.25) is 0 Å². The zero-order valence-corrected chi connectivity index (χ0v) is 19.6. The van der Waals surface area contributed by atoms with Gasteiger partial charge in [0.2, 0.25) is 23.1 Å². The molecule has 0 aromatic heterocycles. The van der Waals surface area contributed by atoms with Crippen molar-refractivity contribution in [3.05, 3.63) is 46.4 Å². The van der Waals surface area contributed by atoms with Crippen molar-refractivity contribution < 1.29 is 33.4 Å². The van der Waals surface area contributed by atoms with E-state index in [1.807, 2.05) is 0 Å². The molecule has 0 unspecified atom stereocenters. The zero-order valence-electron chi connectivity index (χ0n) is 19.6. The van der Waals surface area contributed by atoms with E-state index in [4.69, 9.17) is 14.2 Å². The van der Waals surface area contributed by atoms with E-state index in [9.17, 15) is 19.2 Å². The minimum Gasteiger partial charge on any atom is -0.489 e. The molecule has 3 rings (SSSR count). The Hall–Kier alpha value is -3.42. The largest absolute Gasteiger partial charge is 0.489 e. The van der Waals surface area contributed by atoms with Gasteiger partial charge in [0.25, 0.3) is 5.91 Å². The molecule has 1 amide bonds. The molecule has 0 saturated heterocycles. The monoisotopic (exact) mass is 455 g/mol. The fourth-order valence-corrected chi connectivity index (χ4v) is 4.41. The maximum atomic E-state index is 13.4. The van der Waals surface area contributed by atoms with Crippen LogP contribution in [-0.2, 0) is 23.9 Å². The first-order valence-corrected chi connectivity index (χ1v) is 10.9. The molecule has 0 aliphatic heterocycles. The summed E-state index contributed by atoms with van der Waals surface area (Å²) in [6.07, 6.45) is 5.06.